The van der Waals surface area contributed by atoms with E-state index in [0.29, 0.717) is 6.42 Å². The van der Waals surface area contributed by atoms with Crippen LogP contribution in [0.3, 0.4) is 0 Å². The summed E-state index contributed by atoms with van der Waals surface area (Å²) < 4.78 is 5.30. The molecule has 102 valence electrons. The van der Waals surface area contributed by atoms with Crippen molar-refractivity contribution < 1.29 is 9.84 Å². The normalized spacial score (nSPS) is 12.3. The van der Waals surface area contributed by atoms with E-state index in [1.165, 1.54) is 4.88 Å². The van der Waals surface area contributed by atoms with Gasteiger partial charge in [-0.2, -0.15) is 0 Å². The van der Waals surface area contributed by atoms with Crippen molar-refractivity contribution in [3.8, 4) is 5.75 Å². The molecular formula is C16H20O2S. The highest BCUT2D eigenvalue weighted by Crippen LogP contribution is 2.20. The standard InChI is InChI=1S/C16H20O2S/c1-18-16-10-3-2-6-13(16)12-14(17)7-4-8-15-9-5-11-19-15/h2-3,5-6,9-11,14,17H,4,7-8,12H2,1H3. The largest absolute Gasteiger partial charge is 0.496 e. The Labute approximate surface area is 118 Å². The zero-order valence-corrected chi connectivity index (χ0v) is 12.0. The van der Waals surface area contributed by atoms with E-state index in [-0.39, 0.29) is 6.10 Å². The predicted molar refractivity (Wildman–Crippen MR) is 80.0 cm³/mol. The number of para-hydroxylation sites is 1. The van der Waals surface area contributed by atoms with E-state index in [0.717, 1.165) is 30.6 Å². The van der Waals surface area contributed by atoms with Crippen LogP contribution < -0.4 is 4.74 Å². The number of aliphatic hydroxyl groups excluding tert-OH is 1. The molecule has 1 N–H and O–H groups in total. The molecule has 1 aromatic heterocycles. The molecule has 0 aliphatic rings. The number of aliphatic hydroxyl groups is 1. The second-order valence-electron chi connectivity index (χ2n) is 4.64. The summed E-state index contributed by atoms with van der Waals surface area (Å²) in [6.45, 7) is 0. The van der Waals surface area contributed by atoms with Crippen molar-refractivity contribution in [1.29, 1.82) is 0 Å². The van der Waals surface area contributed by atoms with Gasteiger partial charge in [-0.3, -0.25) is 0 Å². The van der Waals surface area contributed by atoms with Crippen LogP contribution in [-0.2, 0) is 12.8 Å². The molecule has 0 fully saturated rings. The van der Waals surface area contributed by atoms with Gasteiger partial charge in [-0.1, -0.05) is 24.3 Å². The molecule has 2 aromatic rings. The molecule has 19 heavy (non-hydrogen) atoms. The molecule has 0 radical (unpaired) electrons. The van der Waals surface area contributed by atoms with Crippen LogP contribution in [0.25, 0.3) is 0 Å². The highest BCUT2D eigenvalue weighted by molar-refractivity contribution is 7.09. The van der Waals surface area contributed by atoms with Crippen molar-refractivity contribution in [3.05, 3.63) is 52.2 Å². The highest BCUT2D eigenvalue weighted by atomic mass is 32.1. The first kappa shape index (κ1) is 14.1. The first-order valence-electron chi connectivity index (χ1n) is 6.62. The molecule has 1 atom stereocenters. The minimum absolute atomic E-state index is 0.295. The van der Waals surface area contributed by atoms with Gasteiger partial charge in [0.1, 0.15) is 5.75 Å². The third-order valence-electron chi connectivity index (χ3n) is 3.19. The maximum absolute atomic E-state index is 10.1. The maximum atomic E-state index is 10.1. The van der Waals surface area contributed by atoms with Gasteiger partial charge in [0.05, 0.1) is 13.2 Å². The second kappa shape index (κ2) is 7.31. The second-order valence-corrected chi connectivity index (χ2v) is 5.67. The zero-order chi connectivity index (χ0) is 13.5. The molecule has 1 heterocycles. The number of ether oxygens (including phenoxy) is 1. The van der Waals surface area contributed by atoms with E-state index in [1.807, 2.05) is 24.3 Å². The number of benzene rings is 1. The Balaban J connectivity index is 1.79. The average molecular weight is 276 g/mol. The molecule has 2 nitrogen and oxygen atoms in total. The van der Waals surface area contributed by atoms with E-state index in [4.69, 9.17) is 4.74 Å². The van der Waals surface area contributed by atoms with Crippen LogP contribution in [0.15, 0.2) is 41.8 Å². The summed E-state index contributed by atoms with van der Waals surface area (Å²) in [5.74, 6) is 0.861. The van der Waals surface area contributed by atoms with Gasteiger partial charge in [-0.05, 0) is 42.3 Å². The van der Waals surface area contributed by atoms with Gasteiger partial charge in [-0.15, -0.1) is 11.3 Å². The lowest BCUT2D eigenvalue weighted by molar-refractivity contribution is 0.161. The summed E-state index contributed by atoms with van der Waals surface area (Å²) >= 11 is 1.78. The Morgan fingerprint density at radius 1 is 1.21 bits per heavy atom. The third kappa shape index (κ3) is 4.37. The van der Waals surface area contributed by atoms with Gasteiger partial charge in [0, 0.05) is 11.3 Å². The van der Waals surface area contributed by atoms with Crippen molar-refractivity contribution in [2.45, 2.75) is 31.8 Å². The molecule has 0 aliphatic heterocycles. The molecule has 0 bridgehead atoms. The summed E-state index contributed by atoms with van der Waals surface area (Å²) in [6.07, 6.45) is 3.28. The average Bonchev–Trinajstić information content (AvgIpc) is 2.92. The van der Waals surface area contributed by atoms with Crippen LogP contribution in [0.5, 0.6) is 5.75 Å². The lowest BCUT2D eigenvalue weighted by Gasteiger charge is -2.13. The summed E-state index contributed by atoms with van der Waals surface area (Å²) in [5, 5.41) is 12.2. The van der Waals surface area contributed by atoms with Gasteiger partial charge in [0.2, 0.25) is 0 Å². The fraction of sp³-hybridized carbons (Fsp3) is 0.375. The monoisotopic (exact) mass is 276 g/mol. The van der Waals surface area contributed by atoms with Gasteiger partial charge >= 0.3 is 0 Å². The van der Waals surface area contributed by atoms with Gasteiger partial charge in [0.15, 0.2) is 0 Å². The van der Waals surface area contributed by atoms with Crippen molar-refractivity contribution in [2.75, 3.05) is 7.11 Å². The predicted octanol–water partition coefficient (Wildman–Crippen LogP) is 3.68. The van der Waals surface area contributed by atoms with E-state index in [9.17, 15) is 5.11 Å². The molecule has 0 amide bonds. The minimum Gasteiger partial charge on any atom is -0.496 e. The van der Waals surface area contributed by atoms with Gasteiger partial charge < -0.3 is 9.84 Å². The third-order valence-corrected chi connectivity index (χ3v) is 4.12. The van der Waals surface area contributed by atoms with Gasteiger partial charge in [-0.25, -0.2) is 0 Å². The van der Waals surface area contributed by atoms with Crippen LogP contribution in [0.2, 0.25) is 0 Å². The van der Waals surface area contributed by atoms with E-state index < -0.39 is 0 Å². The van der Waals surface area contributed by atoms with Crippen molar-refractivity contribution in [1.82, 2.24) is 0 Å². The fourth-order valence-corrected chi connectivity index (χ4v) is 2.95. The number of hydrogen-bond acceptors (Lipinski definition) is 3. The first-order chi connectivity index (χ1) is 9.29. The number of hydrogen-bond donors (Lipinski definition) is 1. The number of aryl methyl sites for hydroxylation is 1. The summed E-state index contributed by atoms with van der Waals surface area (Å²) in [5.41, 5.74) is 1.08. The van der Waals surface area contributed by atoms with Gasteiger partial charge in [0.25, 0.3) is 0 Å². The molecule has 0 aliphatic carbocycles. The molecule has 0 spiro atoms. The van der Waals surface area contributed by atoms with Crippen LogP contribution >= 0.6 is 11.3 Å². The Morgan fingerprint density at radius 2 is 2.05 bits per heavy atom. The van der Waals surface area contributed by atoms with Crippen molar-refractivity contribution in [3.63, 3.8) is 0 Å². The Kier molecular flexibility index (Phi) is 5.43. The molecule has 1 unspecified atom stereocenters. The maximum Gasteiger partial charge on any atom is 0.122 e. The quantitative estimate of drug-likeness (QED) is 0.836. The topological polar surface area (TPSA) is 29.5 Å². The summed E-state index contributed by atoms with van der Waals surface area (Å²) in [4.78, 5) is 1.39. The van der Waals surface area contributed by atoms with Crippen LogP contribution in [0.4, 0.5) is 0 Å². The van der Waals surface area contributed by atoms with Crippen molar-refractivity contribution in [2.24, 2.45) is 0 Å². The lowest BCUT2D eigenvalue weighted by atomic mass is 10.0. The Bertz CT molecular complexity index is 479. The molecule has 1 aromatic carbocycles. The molecule has 0 saturated carbocycles. The Morgan fingerprint density at radius 3 is 2.79 bits per heavy atom. The fourth-order valence-electron chi connectivity index (χ4n) is 2.19. The van der Waals surface area contributed by atoms with Crippen LogP contribution in [0.1, 0.15) is 23.3 Å². The molecule has 0 saturated heterocycles. The number of rotatable bonds is 7. The number of methoxy groups -OCH3 is 1. The highest BCUT2D eigenvalue weighted by Gasteiger charge is 2.09. The zero-order valence-electron chi connectivity index (χ0n) is 11.2. The van der Waals surface area contributed by atoms with Crippen LogP contribution in [0, 0.1) is 0 Å². The number of thiophene rings is 1. The smallest absolute Gasteiger partial charge is 0.122 e. The molecule has 3 heteroatoms. The first-order valence-corrected chi connectivity index (χ1v) is 7.50. The molecular weight excluding hydrogens is 256 g/mol. The SMILES string of the molecule is COc1ccccc1CC(O)CCCc1cccs1. The lowest BCUT2D eigenvalue weighted by Crippen LogP contribution is -2.11. The van der Waals surface area contributed by atoms with Crippen LogP contribution in [-0.4, -0.2) is 18.3 Å². The Hall–Kier alpha value is -1.32. The van der Waals surface area contributed by atoms with E-state index in [1.54, 1.807) is 18.4 Å². The summed E-state index contributed by atoms with van der Waals surface area (Å²) in [7, 11) is 1.67. The van der Waals surface area contributed by atoms with E-state index >= 15 is 0 Å². The minimum atomic E-state index is -0.295. The summed E-state index contributed by atoms with van der Waals surface area (Å²) in [6, 6.07) is 12.1. The van der Waals surface area contributed by atoms with E-state index in [2.05, 4.69) is 17.5 Å². The van der Waals surface area contributed by atoms with Crippen molar-refractivity contribution >= 4 is 11.3 Å². The molecule has 2 rings (SSSR count).